The summed E-state index contributed by atoms with van der Waals surface area (Å²) in [5, 5.41) is 14.5. The highest BCUT2D eigenvalue weighted by Gasteiger charge is 2.05. The molecule has 0 radical (unpaired) electrons. The minimum Gasteiger partial charge on any atom is -0.543 e. The van der Waals surface area contributed by atoms with Crippen LogP contribution in [0.3, 0.4) is 0 Å². The molecule has 0 saturated heterocycles. The van der Waals surface area contributed by atoms with E-state index in [2.05, 4.69) is 5.10 Å². The molecule has 0 aliphatic rings. The van der Waals surface area contributed by atoms with E-state index in [0.29, 0.717) is 0 Å². The van der Waals surface area contributed by atoms with Gasteiger partial charge in [-0.25, -0.2) is 4.68 Å². The van der Waals surface area contributed by atoms with Gasteiger partial charge in [-0.3, -0.25) is 0 Å². The second kappa shape index (κ2) is 3.57. The summed E-state index contributed by atoms with van der Waals surface area (Å²) in [6.07, 6.45) is 0. The Kier molecular flexibility index (Phi) is 2.25. The zero-order chi connectivity index (χ0) is 10.8. The molecule has 1 aromatic carbocycles. The summed E-state index contributed by atoms with van der Waals surface area (Å²) < 4.78 is 1.57. The van der Waals surface area contributed by atoms with E-state index in [4.69, 9.17) is 0 Å². The molecule has 0 amide bonds. The third-order valence-corrected chi connectivity index (χ3v) is 2.10. The minimum absolute atomic E-state index is 0.0450. The van der Waals surface area contributed by atoms with E-state index in [1.807, 2.05) is 30.3 Å². The van der Waals surface area contributed by atoms with Crippen molar-refractivity contribution >= 4 is 5.97 Å². The van der Waals surface area contributed by atoms with Crippen molar-refractivity contribution in [2.24, 2.45) is 0 Å². The Morgan fingerprint density at radius 1 is 1.33 bits per heavy atom. The van der Waals surface area contributed by atoms with Gasteiger partial charge in [0.15, 0.2) is 0 Å². The van der Waals surface area contributed by atoms with Crippen LogP contribution in [0.1, 0.15) is 16.2 Å². The highest BCUT2D eigenvalue weighted by molar-refractivity contribution is 5.83. The van der Waals surface area contributed by atoms with Crippen LogP contribution < -0.4 is 5.11 Å². The number of nitrogens with zero attached hydrogens (tertiary/aromatic N) is 2. The van der Waals surface area contributed by atoms with Crippen LogP contribution in [0.4, 0.5) is 0 Å². The van der Waals surface area contributed by atoms with Crippen molar-refractivity contribution in [3.63, 3.8) is 0 Å². The minimum atomic E-state index is -1.26. The molecule has 1 heterocycles. The number of carboxylic acids is 1. The van der Waals surface area contributed by atoms with Crippen molar-refractivity contribution < 1.29 is 9.90 Å². The van der Waals surface area contributed by atoms with Crippen LogP contribution in [0.5, 0.6) is 0 Å². The Morgan fingerprint density at radius 2 is 2.00 bits per heavy atom. The van der Waals surface area contributed by atoms with E-state index in [-0.39, 0.29) is 5.69 Å². The number of hydrogen-bond acceptors (Lipinski definition) is 3. The first-order valence-corrected chi connectivity index (χ1v) is 4.52. The van der Waals surface area contributed by atoms with Gasteiger partial charge in [0.25, 0.3) is 0 Å². The smallest absolute Gasteiger partial charge is 0.108 e. The normalized spacial score (nSPS) is 10.2. The lowest BCUT2D eigenvalue weighted by molar-refractivity contribution is -0.255. The van der Waals surface area contributed by atoms with E-state index in [1.165, 1.54) is 6.07 Å². The second-order valence-corrected chi connectivity index (χ2v) is 3.21. The van der Waals surface area contributed by atoms with Gasteiger partial charge in [-0.2, -0.15) is 5.10 Å². The van der Waals surface area contributed by atoms with E-state index in [0.717, 1.165) is 11.4 Å². The van der Waals surface area contributed by atoms with Gasteiger partial charge in [0.1, 0.15) is 5.69 Å². The summed E-state index contributed by atoms with van der Waals surface area (Å²) in [7, 11) is 0. The maximum Gasteiger partial charge on any atom is 0.108 e. The molecule has 2 aromatic rings. The molecule has 1 aromatic heterocycles. The summed E-state index contributed by atoms with van der Waals surface area (Å²) >= 11 is 0. The lowest BCUT2D eigenvalue weighted by atomic mass is 10.3. The first-order chi connectivity index (χ1) is 7.18. The Morgan fingerprint density at radius 3 is 2.53 bits per heavy atom. The fraction of sp³-hybridized carbons (Fsp3) is 0.0909. The number of carboxylic acid groups (broad SMARTS) is 1. The molecule has 0 bridgehead atoms. The number of hydrogen-bond donors (Lipinski definition) is 0. The van der Waals surface area contributed by atoms with Gasteiger partial charge in [-0.1, -0.05) is 18.2 Å². The summed E-state index contributed by atoms with van der Waals surface area (Å²) in [6.45, 7) is 1.80. The standard InChI is InChI=1S/C11H10N2O2/c1-8-7-10(11(14)15)12-13(8)9-5-3-2-4-6-9/h2-7H,1H3,(H,14,15)/p-1. The van der Waals surface area contributed by atoms with Crippen LogP contribution in [0.25, 0.3) is 5.69 Å². The number of aromatic nitrogens is 2. The quantitative estimate of drug-likeness (QED) is 0.712. The van der Waals surface area contributed by atoms with Crippen LogP contribution >= 0.6 is 0 Å². The lowest BCUT2D eigenvalue weighted by Crippen LogP contribution is -2.22. The van der Waals surface area contributed by atoms with Crippen LogP contribution in [-0.2, 0) is 0 Å². The van der Waals surface area contributed by atoms with Crippen LogP contribution in [0, 0.1) is 6.92 Å². The molecular formula is C11H9N2O2-. The molecule has 4 nitrogen and oxygen atoms in total. The lowest BCUT2D eigenvalue weighted by Gasteiger charge is -2.02. The first kappa shape index (κ1) is 9.45. The molecule has 0 atom stereocenters. The van der Waals surface area contributed by atoms with Gasteiger partial charge < -0.3 is 9.90 Å². The summed E-state index contributed by atoms with van der Waals surface area (Å²) in [4.78, 5) is 10.6. The number of para-hydroxylation sites is 1. The molecular weight excluding hydrogens is 192 g/mol. The molecule has 4 heteroatoms. The summed E-state index contributed by atoms with van der Waals surface area (Å²) in [5.41, 5.74) is 1.55. The Bertz CT molecular complexity index is 489. The van der Waals surface area contributed by atoms with Gasteiger partial charge in [-0.05, 0) is 25.1 Å². The van der Waals surface area contributed by atoms with Gasteiger partial charge in [0.05, 0.1) is 11.7 Å². The summed E-state index contributed by atoms with van der Waals surface area (Å²) in [6, 6.07) is 10.8. The SMILES string of the molecule is Cc1cc(C(=O)[O-])nn1-c1ccccc1. The molecule has 0 aliphatic heterocycles. The summed E-state index contributed by atoms with van der Waals surface area (Å²) in [5.74, 6) is -1.26. The molecule has 0 fully saturated rings. The van der Waals surface area contributed by atoms with Gasteiger partial charge in [0.2, 0.25) is 0 Å². The predicted octanol–water partition coefficient (Wildman–Crippen LogP) is 0.544. The zero-order valence-electron chi connectivity index (χ0n) is 8.18. The van der Waals surface area contributed by atoms with Gasteiger partial charge >= 0.3 is 0 Å². The molecule has 76 valence electrons. The van der Waals surface area contributed by atoms with E-state index in [1.54, 1.807) is 11.6 Å². The van der Waals surface area contributed by atoms with Crippen molar-refractivity contribution in [2.75, 3.05) is 0 Å². The highest BCUT2D eigenvalue weighted by Crippen LogP contribution is 2.10. The molecule has 0 saturated carbocycles. The molecule has 0 N–H and O–H groups in total. The monoisotopic (exact) mass is 201 g/mol. The average molecular weight is 201 g/mol. The topological polar surface area (TPSA) is 57.9 Å². The Hall–Kier alpha value is -2.10. The molecule has 0 unspecified atom stereocenters. The molecule has 15 heavy (non-hydrogen) atoms. The van der Waals surface area contributed by atoms with Gasteiger partial charge in [0, 0.05) is 5.69 Å². The number of carbonyl (C=O) groups is 1. The zero-order valence-corrected chi connectivity index (χ0v) is 8.18. The molecule has 2 rings (SSSR count). The fourth-order valence-electron chi connectivity index (χ4n) is 1.40. The average Bonchev–Trinajstić information content (AvgIpc) is 2.62. The van der Waals surface area contributed by atoms with E-state index < -0.39 is 5.97 Å². The van der Waals surface area contributed by atoms with Crippen molar-refractivity contribution in [1.82, 2.24) is 9.78 Å². The number of rotatable bonds is 2. The van der Waals surface area contributed by atoms with E-state index in [9.17, 15) is 9.90 Å². The Labute approximate surface area is 86.8 Å². The maximum absolute atomic E-state index is 10.6. The third-order valence-electron chi connectivity index (χ3n) is 2.10. The van der Waals surface area contributed by atoms with Crippen molar-refractivity contribution in [2.45, 2.75) is 6.92 Å². The maximum atomic E-state index is 10.6. The van der Waals surface area contributed by atoms with E-state index >= 15 is 0 Å². The van der Waals surface area contributed by atoms with Crippen molar-refractivity contribution in [3.05, 3.63) is 47.8 Å². The molecule has 0 aliphatic carbocycles. The number of aromatic carboxylic acids is 1. The fourth-order valence-corrected chi connectivity index (χ4v) is 1.40. The third kappa shape index (κ3) is 1.74. The second-order valence-electron chi connectivity index (χ2n) is 3.21. The van der Waals surface area contributed by atoms with Crippen LogP contribution in [0.2, 0.25) is 0 Å². The molecule has 0 spiro atoms. The van der Waals surface area contributed by atoms with Crippen LogP contribution in [-0.4, -0.2) is 15.7 Å². The van der Waals surface area contributed by atoms with Crippen LogP contribution in [0.15, 0.2) is 36.4 Å². The highest BCUT2D eigenvalue weighted by atomic mass is 16.4. The van der Waals surface area contributed by atoms with Crippen molar-refractivity contribution in [1.29, 1.82) is 0 Å². The first-order valence-electron chi connectivity index (χ1n) is 4.52. The number of aryl methyl sites for hydroxylation is 1. The predicted molar refractivity (Wildman–Crippen MR) is 52.6 cm³/mol. The number of carbonyl (C=O) groups excluding carboxylic acids is 1. The number of benzene rings is 1. The Balaban J connectivity index is 2.50. The largest absolute Gasteiger partial charge is 0.543 e. The van der Waals surface area contributed by atoms with Gasteiger partial charge in [-0.15, -0.1) is 0 Å². The van der Waals surface area contributed by atoms with Crippen molar-refractivity contribution in [3.8, 4) is 5.69 Å².